The van der Waals surface area contributed by atoms with Gasteiger partial charge in [-0.15, -0.1) is 0 Å². The van der Waals surface area contributed by atoms with Crippen LogP contribution in [0.4, 0.5) is 0 Å². The molecule has 6 heteroatoms. The molecule has 0 aliphatic carbocycles. The van der Waals surface area contributed by atoms with Gasteiger partial charge in [0.1, 0.15) is 5.76 Å². The topological polar surface area (TPSA) is 75.4 Å². The second kappa shape index (κ2) is 5.20. The SMILES string of the molecule is CCCNC(=O)C1CN(C(=O)c2cc(C)on2)C1. The Kier molecular flexibility index (Phi) is 3.64. The lowest BCUT2D eigenvalue weighted by molar-refractivity contribution is -0.128. The summed E-state index contributed by atoms with van der Waals surface area (Å²) >= 11 is 0. The fourth-order valence-electron chi connectivity index (χ4n) is 1.83. The number of aryl methyl sites for hydroxylation is 1. The van der Waals surface area contributed by atoms with E-state index in [0.717, 1.165) is 6.42 Å². The van der Waals surface area contributed by atoms with Crippen molar-refractivity contribution in [2.45, 2.75) is 20.3 Å². The molecule has 1 aromatic heterocycles. The maximum absolute atomic E-state index is 11.9. The molecule has 1 fully saturated rings. The molecule has 18 heavy (non-hydrogen) atoms. The maximum Gasteiger partial charge on any atom is 0.276 e. The second-order valence-corrected chi connectivity index (χ2v) is 4.52. The third-order valence-corrected chi connectivity index (χ3v) is 2.94. The molecular formula is C12H17N3O3. The third kappa shape index (κ3) is 2.52. The first-order valence-corrected chi connectivity index (χ1v) is 6.12. The minimum Gasteiger partial charge on any atom is -0.361 e. The van der Waals surface area contributed by atoms with Crippen molar-refractivity contribution >= 4 is 11.8 Å². The summed E-state index contributed by atoms with van der Waals surface area (Å²) in [5, 5.41) is 6.50. The molecule has 2 heterocycles. The Morgan fingerprint density at radius 2 is 2.28 bits per heavy atom. The van der Waals surface area contributed by atoms with Crippen LogP contribution in [0, 0.1) is 12.8 Å². The van der Waals surface area contributed by atoms with Gasteiger partial charge >= 0.3 is 0 Å². The van der Waals surface area contributed by atoms with E-state index in [0.29, 0.717) is 31.1 Å². The Hall–Kier alpha value is -1.85. The third-order valence-electron chi connectivity index (χ3n) is 2.94. The normalized spacial score (nSPS) is 15.3. The van der Waals surface area contributed by atoms with Crippen LogP contribution in [0.1, 0.15) is 29.6 Å². The molecule has 0 unspecified atom stereocenters. The number of amides is 2. The van der Waals surface area contributed by atoms with E-state index >= 15 is 0 Å². The van der Waals surface area contributed by atoms with Crippen LogP contribution in [0.5, 0.6) is 0 Å². The number of hydrogen-bond donors (Lipinski definition) is 1. The van der Waals surface area contributed by atoms with Crippen LogP contribution in [-0.4, -0.2) is 41.5 Å². The highest BCUT2D eigenvalue weighted by Crippen LogP contribution is 2.18. The Balaban J connectivity index is 1.82. The first-order valence-electron chi connectivity index (χ1n) is 6.12. The van der Waals surface area contributed by atoms with Gasteiger partial charge in [0.05, 0.1) is 5.92 Å². The summed E-state index contributed by atoms with van der Waals surface area (Å²) < 4.78 is 4.86. The Morgan fingerprint density at radius 3 is 2.83 bits per heavy atom. The number of carbonyl (C=O) groups is 2. The highest BCUT2D eigenvalue weighted by Gasteiger charge is 2.36. The molecule has 6 nitrogen and oxygen atoms in total. The monoisotopic (exact) mass is 251 g/mol. The molecule has 98 valence electrons. The fourth-order valence-corrected chi connectivity index (χ4v) is 1.83. The molecular weight excluding hydrogens is 234 g/mol. The van der Waals surface area contributed by atoms with E-state index in [1.165, 1.54) is 0 Å². The lowest BCUT2D eigenvalue weighted by atomic mass is 9.98. The number of nitrogens with zero attached hydrogens (tertiary/aromatic N) is 2. The highest BCUT2D eigenvalue weighted by molar-refractivity contribution is 5.94. The van der Waals surface area contributed by atoms with Crippen molar-refractivity contribution in [3.8, 4) is 0 Å². The average Bonchev–Trinajstić information content (AvgIpc) is 2.71. The van der Waals surface area contributed by atoms with E-state index in [2.05, 4.69) is 10.5 Å². The van der Waals surface area contributed by atoms with Crippen LogP contribution in [0.25, 0.3) is 0 Å². The van der Waals surface area contributed by atoms with Crippen LogP contribution in [0.2, 0.25) is 0 Å². The van der Waals surface area contributed by atoms with Crippen LogP contribution < -0.4 is 5.32 Å². The fraction of sp³-hybridized carbons (Fsp3) is 0.583. The van der Waals surface area contributed by atoms with Gasteiger partial charge in [-0.1, -0.05) is 12.1 Å². The van der Waals surface area contributed by atoms with E-state index in [1.54, 1.807) is 17.9 Å². The smallest absolute Gasteiger partial charge is 0.276 e. The summed E-state index contributed by atoms with van der Waals surface area (Å²) in [4.78, 5) is 25.1. The molecule has 1 aliphatic heterocycles. The Bertz CT molecular complexity index is 449. The number of nitrogens with one attached hydrogen (secondary N) is 1. The van der Waals surface area contributed by atoms with Gasteiger partial charge in [-0.2, -0.15) is 0 Å². The molecule has 2 rings (SSSR count). The minimum absolute atomic E-state index is 0.0252. The van der Waals surface area contributed by atoms with Crippen molar-refractivity contribution in [2.24, 2.45) is 5.92 Å². The van der Waals surface area contributed by atoms with Gasteiger partial charge < -0.3 is 14.7 Å². The van der Waals surface area contributed by atoms with Crippen molar-refractivity contribution in [2.75, 3.05) is 19.6 Å². The lowest BCUT2D eigenvalue weighted by Crippen LogP contribution is -2.55. The van der Waals surface area contributed by atoms with Crippen molar-refractivity contribution in [1.82, 2.24) is 15.4 Å². The predicted molar refractivity (Wildman–Crippen MR) is 63.9 cm³/mol. The largest absolute Gasteiger partial charge is 0.361 e. The number of hydrogen-bond acceptors (Lipinski definition) is 4. The van der Waals surface area contributed by atoms with E-state index < -0.39 is 0 Å². The average molecular weight is 251 g/mol. The summed E-state index contributed by atoms with van der Waals surface area (Å²) in [7, 11) is 0. The zero-order chi connectivity index (χ0) is 13.1. The van der Waals surface area contributed by atoms with E-state index in [-0.39, 0.29) is 17.7 Å². The van der Waals surface area contributed by atoms with E-state index in [4.69, 9.17) is 4.52 Å². The second-order valence-electron chi connectivity index (χ2n) is 4.52. The number of likely N-dealkylation sites (tertiary alicyclic amines) is 1. The quantitative estimate of drug-likeness (QED) is 0.849. The number of aromatic nitrogens is 1. The predicted octanol–water partition coefficient (Wildman–Crippen LogP) is 0.581. The Labute approximate surface area is 105 Å². The molecule has 0 bridgehead atoms. The van der Waals surface area contributed by atoms with Crippen LogP contribution in [0.3, 0.4) is 0 Å². The molecule has 1 N–H and O–H groups in total. The standard InChI is InChI=1S/C12H17N3O3/c1-3-4-13-11(16)9-6-15(7-9)12(17)10-5-8(2)18-14-10/h5,9H,3-4,6-7H2,1-2H3,(H,13,16). The minimum atomic E-state index is -0.175. The maximum atomic E-state index is 11.9. The first kappa shape index (κ1) is 12.6. The Morgan fingerprint density at radius 1 is 1.56 bits per heavy atom. The summed E-state index contributed by atoms with van der Waals surface area (Å²) in [6, 6.07) is 1.60. The van der Waals surface area contributed by atoms with Crippen molar-refractivity contribution in [3.05, 3.63) is 17.5 Å². The highest BCUT2D eigenvalue weighted by atomic mass is 16.5. The van der Waals surface area contributed by atoms with E-state index in [9.17, 15) is 9.59 Å². The van der Waals surface area contributed by atoms with Crippen molar-refractivity contribution in [3.63, 3.8) is 0 Å². The zero-order valence-corrected chi connectivity index (χ0v) is 10.6. The van der Waals surface area contributed by atoms with Crippen LogP contribution in [-0.2, 0) is 4.79 Å². The molecule has 0 aromatic carbocycles. The van der Waals surface area contributed by atoms with Crippen LogP contribution >= 0.6 is 0 Å². The number of rotatable bonds is 4. The van der Waals surface area contributed by atoms with Crippen molar-refractivity contribution < 1.29 is 14.1 Å². The lowest BCUT2D eigenvalue weighted by Gasteiger charge is -2.37. The summed E-state index contributed by atoms with van der Waals surface area (Å²) in [5.74, 6) is 0.369. The molecule has 1 aromatic rings. The molecule has 0 saturated carbocycles. The number of carbonyl (C=O) groups excluding carboxylic acids is 2. The van der Waals surface area contributed by atoms with Gasteiger partial charge in [-0.25, -0.2) is 0 Å². The van der Waals surface area contributed by atoms with Crippen molar-refractivity contribution in [1.29, 1.82) is 0 Å². The van der Waals surface area contributed by atoms with Gasteiger partial charge in [0.2, 0.25) is 5.91 Å². The van der Waals surface area contributed by atoms with Gasteiger partial charge in [-0.3, -0.25) is 9.59 Å². The van der Waals surface area contributed by atoms with Crippen LogP contribution in [0.15, 0.2) is 10.6 Å². The molecule has 2 amide bonds. The zero-order valence-electron chi connectivity index (χ0n) is 10.6. The van der Waals surface area contributed by atoms with E-state index in [1.807, 2.05) is 6.92 Å². The van der Waals surface area contributed by atoms with Gasteiger partial charge in [0, 0.05) is 25.7 Å². The van der Waals surface area contributed by atoms with Gasteiger partial charge in [-0.05, 0) is 13.3 Å². The molecule has 0 atom stereocenters. The first-order chi connectivity index (χ1) is 8.61. The van der Waals surface area contributed by atoms with Gasteiger partial charge in [0.15, 0.2) is 5.69 Å². The van der Waals surface area contributed by atoms with Gasteiger partial charge in [0.25, 0.3) is 5.91 Å². The summed E-state index contributed by atoms with van der Waals surface area (Å²) in [6.07, 6.45) is 0.916. The summed E-state index contributed by atoms with van der Waals surface area (Å²) in [6.45, 7) is 5.34. The summed E-state index contributed by atoms with van der Waals surface area (Å²) in [5.41, 5.74) is 0.305. The molecule has 1 aliphatic rings. The molecule has 0 spiro atoms. The molecule has 0 radical (unpaired) electrons. The molecule has 1 saturated heterocycles.